The van der Waals surface area contributed by atoms with Crippen LogP contribution in [0.4, 0.5) is 0 Å². The normalized spacial score (nSPS) is 15.6. The van der Waals surface area contributed by atoms with E-state index in [2.05, 4.69) is 21.3 Å². The van der Waals surface area contributed by atoms with Crippen LogP contribution < -0.4 is 27.0 Å². The molecule has 5 atom stereocenters. The topological polar surface area (TPSA) is 180 Å². The van der Waals surface area contributed by atoms with Gasteiger partial charge in [0.05, 0.1) is 6.04 Å². The molecule has 1 unspecified atom stereocenters. The van der Waals surface area contributed by atoms with Crippen molar-refractivity contribution in [3.8, 4) is 0 Å². The Hall–Kier alpha value is -2.69. The SMILES string of the molecule is CC(C)CC(N[C@@H](CC(C)C)C(=O)N[C@@H](CC(C)C)C(=O)N[C@@H](CC(C)C)C(=O)N[C@@H](C)C(N)=O)C(=O)O. The van der Waals surface area contributed by atoms with Crippen molar-refractivity contribution >= 4 is 29.6 Å². The van der Waals surface area contributed by atoms with Gasteiger partial charge in [0.25, 0.3) is 0 Å². The van der Waals surface area contributed by atoms with E-state index in [9.17, 15) is 29.1 Å². The van der Waals surface area contributed by atoms with Crippen LogP contribution in [0.1, 0.15) is 88.0 Å². The lowest BCUT2D eigenvalue weighted by molar-refractivity contribution is -0.141. The zero-order valence-corrected chi connectivity index (χ0v) is 24.6. The van der Waals surface area contributed by atoms with Crippen molar-refractivity contribution in [3.63, 3.8) is 0 Å². The second-order valence-electron chi connectivity index (χ2n) is 11.9. The van der Waals surface area contributed by atoms with E-state index < -0.39 is 59.8 Å². The quantitative estimate of drug-likeness (QED) is 0.152. The molecule has 0 radical (unpaired) electrons. The summed E-state index contributed by atoms with van der Waals surface area (Å²) in [7, 11) is 0. The lowest BCUT2D eigenvalue weighted by Gasteiger charge is -2.29. The van der Waals surface area contributed by atoms with Crippen molar-refractivity contribution in [1.29, 1.82) is 0 Å². The molecule has 0 rings (SSSR count). The Kier molecular flexibility index (Phi) is 15.8. The van der Waals surface area contributed by atoms with Gasteiger partial charge in [-0.05, 0) is 56.3 Å². The molecule has 0 aromatic rings. The lowest BCUT2D eigenvalue weighted by atomic mass is 9.97. The molecule has 0 aliphatic heterocycles. The Labute approximate surface area is 227 Å². The number of carbonyl (C=O) groups excluding carboxylic acids is 4. The predicted octanol–water partition coefficient (Wildman–Crippen LogP) is 1.54. The van der Waals surface area contributed by atoms with Crippen LogP contribution in [-0.4, -0.2) is 64.9 Å². The largest absolute Gasteiger partial charge is 0.480 e. The summed E-state index contributed by atoms with van der Waals surface area (Å²) in [4.78, 5) is 62.7. The molecule has 0 saturated heterocycles. The highest BCUT2D eigenvalue weighted by Crippen LogP contribution is 2.13. The summed E-state index contributed by atoms with van der Waals surface area (Å²) in [5, 5.41) is 20.7. The zero-order valence-electron chi connectivity index (χ0n) is 24.6. The Morgan fingerprint density at radius 2 is 0.868 bits per heavy atom. The van der Waals surface area contributed by atoms with Crippen LogP contribution >= 0.6 is 0 Å². The van der Waals surface area contributed by atoms with Crippen LogP contribution in [0.5, 0.6) is 0 Å². The van der Waals surface area contributed by atoms with Gasteiger partial charge in [-0.15, -0.1) is 0 Å². The molecular formula is C27H51N5O6. The zero-order chi connectivity index (χ0) is 29.7. The van der Waals surface area contributed by atoms with E-state index in [1.54, 1.807) is 0 Å². The van der Waals surface area contributed by atoms with E-state index >= 15 is 0 Å². The van der Waals surface area contributed by atoms with Crippen molar-refractivity contribution in [3.05, 3.63) is 0 Å². The summed E-state index contributed by atoms with van der Waals surface area (Å²) < 4.78 is 0. The maximum atomic E-state index is 13.4. The van der Waals surface area contributed by atoms with Crippen molar-refractivity contribution in [2.24, 2.45) is 29.4 Å². The molecule has 220 valence electrons. The number of amides is 4. The first-order chi connectivity index (χ1) is 17.4. The third-order valence-corrected chi connectivity index (χ3v) is 5.90. The minimum Gasteiger partial charge on any atom is -0.480 e. The molecule has 0 spiro atoms. The number of nitrogens with two attached hydrogens (primary N) is 1. The predicted molar refractivity (Wildman–Crippen MR) is 147 cm³/mol. The molecule has 0 heterocycles. The monoisotopic (exact) mass is 541 g/mol. The summed E-state index contributed by atoms with van der Waals surface area (Å²) in [6.07, 6.45) is 1.36. The van der Waals surface area contributed by atoms with E-state index in [1.165, 1.54) is 6.92 Å². The van der Waals surface area contributed by atoms with Crippen LogP contribution in [0, 0.1) is 23.7 Å². The number of carboxylic acids is 1. The van der Waals surface area contributed by atoms with Gasteiger partial charge in [-0.25, -0.2) is 0 Å². The molecule has 7 N–H and O–H groups in total. The molecule has 38 heavy (non-hydrogen) atoms. The molecule has 11 heteroatoms. The average Bonchev–Trinajstić information content (AvgIpc) is 2.75. The number of nitrogens with one attached hydrogen (secondary N) is 4. The third kappa shape index (κ3) is 14.3. The molecule has 11 nitrogen and oxygen atoms in total. The minimum absolute atomic E-state index is 0.0440. The lowest BCUT2D eigenvalue weighted by Crippen LogP contribution is -2.59. The van der Waals surface area contributed by atoms with Gasteiger partial charge in [-0.2, -0.15) is 0 Å². The molecule has 0 bridgehead atoms. The Morgan fingerprint density at radius 1 is 0.553 bits per heavy atom. The van der Waals surface area contributed by atoms with Gasteiger partial charge in [0.2, 0.25) is 23.6 Å². The first-order valence-corrected chi connectivity index (χ1v) is 13.6. The molecule has 0 aliphatic carbocycles. The Balaban J connectivity index is 5.83. The second kappa shape index (κ2) is 17.0. The first-order valence-electron chi connectivity index (χ1n) is 13.6. The van der Waals surface area contributed by atoms with Gasteiger partial charge in [-0.3, -0.25) is 29.3 Å². The fraction of sp³-hybridized carbons (Fsp3) is 0.815. The van der Waals surface area contributed by atoms with Crippen LogP contribution in [-0.2, 0) is 24.0 Å². The maximum absolute atomic E-state index is 13.4. The molecular weight excluding hydrogens is 490 g/mol. The van der Waals surface area contributed by atoms with Crippen LogP contribution in [0.25, 0.3) is 0 Å². The molecule has 0 saturated carbocycles. The van der Waals surface area contributed by atoms with E-state index in [-0.39, 0.29) is 23.7 Å². The van der Waals surface area contributed by atoms with Crippen LogP contribution in [0.2, 0.25) is 0 Å². The highest BCUT2D eigenvalue weighted by Gasteiger charge is 2.32. The van der Waals surface area contributed by atoms with E-state index in [0.717, 1.165) is 0 Å². The molecule has 0 aromatic heterocycles. The Morgan fingerprint density at radius 3 is 1.21 bits per heavy atom. The van der Waals surface area contributed by atoms with Gasteiger partial charge in [0.15, 0.2) is 0 Å². The van der Waals surface area contributed by atoms with Crippen LogP contribution in [0.3, 0.4) is 0 Å². The summed E-state index contributed by atoms with van der Waals surface area (Å²) in [5.74, 6) is -2.97. The fourth-order valence-electron chi connectivity index (χ4n) is 4.01. The first kappa shape index (κ1) is 35.3. The maximum Gasteiger partial charge on any atom is 0.320 e. The summed E-state index contributed by atoms with van der Waals surface area (Å²) in [6, 6.07) is -4.50. The smallest absolute Gasteiger partial charge is 0.320 e. The number of rotatable bonds is 18. The second-order valence-corrected chi connectivity index (χ2v) is 11.9. The van der Waals surface area contributed by atoms with Crippen molar-refractivity contribution < 1.29 is 29.1 Å². The number of aliphatic carboxylic acids is 1. The van der Waals surface area contributed by atoms with E-state index in [1.807, 2.05) is 55.4 Å². The number of carbonyl (C=O) groups is 5. The van der Waals surface area contributed by atoms with E-state index in [4.69, 9.17) is 5.73 Å². The number of carboxylic acid groups (broad SMARTS) is 1. The minimum atomic E-state index is -1.04. The van der Waals surface area contributed by atoms with Crippen LogP contribution in [0.15, 0.2) is 0 Å². The van der Waals surface area contributed by atoms with Gasteiger partial charge >= 0.3 is 5.97 Å². The number of hydrogen-bond donors (Lipinski definition) is 6. The van der Waals surface area contributed by atoms with Gasteiger partial charge < -0.3 is 26.8 Å². The highest BCUT2D eigenvalue weighted by atomic mass is 16.4. The van der Waals surface area contributed by atoms with Crippen molar-refractivity contribution in [2.75, 3.05) is 0 Å². The highest BCUT2D eigenvalue weighted by molar-refractivity contribution is 5.94. The molecule has 0 aliphatic rings. The Bertz CT molecular complexity index is 799. The summed E-state index contributed by atoms with van der Waals surface area (Å²) in [5.41, 5.74) is 5.26. The van der Waals surface area contributed by atoms with Gasteiger partial charge in [-0.1, -0.05) is 55.4 Å². The van der Waals surface area contributed by atoms with Crippen molar-refractivity contribution in [1.82, 2.24) is 21.3 Å². The number of primary amides is 1. The number of hydrogen-bond acceptors (Lipinski definition) is 6. The van der Waals surface area contributed by atoms with Gasteiger partial charge in [0.1, 0.15) is 24.2 Å². The van der Waals surface area contributed by atoms with E-state index in [0.29, 0.717) is 25.7 Å². The van der Waals surface area contributed by atoms with Gasteiger partial charge in [0, 0.05) is 0 Å². The molecule has 4 amide bonds. The van der Waals surface area contributed by atoms with Crippen molar-refractivity contribution in [2.45, 2.75) is 118 Å². The third-order valence-electron chi connectivity index (χ3n) is 5.90. The average molecular weight is 542 g/mol. The standard InChI is InChI=1S/C27H51N5O6/c1-14(2)10-19(30-22(27(37)38)13-17(7)8)25(35)32-21(12-16(5)6)26(36)31-20(11-15(3)4)24(34)29-18(9)23(28)33/h14-22,30H,10-13H2,1-9H3,(H2,28,33)(H,29,34)(H,31,36)(H,32,35)(H,37,38)/t18-,19-,20-,21-,22?/m0/s1. The summed E-state index contributed by atoms with van der Waals surface area (Å²) in [6.45, 7) is 16.8. The molecule has 0 fully saturated rings. The summed E-state index contributed by atoms with van der Waals surface area (Å²) >= 11 is 0. The fourth-order valence-corrected chi connectivity index (χ4v) is 4.01. The molecule has 0 aromatic carbocycles.